The first-order valence-corrected chi connectivity index (χ1v) is 4.55. The minimum absolute atomic E-state index is 1.42. The zero-order valence-corrected chi connectivity index (χ0v) is 6.68. The highest BCUT2D eigenvalue weighted by atomic mass is 32.1. The lowest BCUT2D eigenvalue weighted by molar-refractivity contribution is 2.26. The molecule has 0 nitrogen and oxygen atoms in total. The van der Waals surface area contributed by atoms with Crippen molar-refractivity contribution in [3.8, 4) is 0 Å². The van der Waals surface area contributed by atoms with E-state index < -0.39 is 0 Å². The summed E-state index contributed by atoms with van der Waals surface area (Å²) in [4.78, 5) is 0. The summed E-state index contributed by atoms with van der Waals surface area (Å²) in [6.07, 6.45) is 0. The fourth-order valence-corrected chi connectivity index (χ4v) is 2.94. The van der Waals surface area contributed by atoms with Crippen LogP contribution in [0.15, 0.2) is 16.8 Å². The Labute approximate surface area is 62.5 Å². The molecule has 3 heteroatoms. The molecule has 0 bridgehead atoms. The van der Waals surface area contributed by atoms with Crippen molar-refractivity contribution < 1.29 is 0 Å². The minimum atomic E-state index is 1.42. The number of rotatable bonds is 0. The van der Waals surface area contributed by atoms with E-state index in [0.717, 1.165) is 0 Å². The molecule has 2 heterocycles. The van der Waals surface area contributed by atoms with Crippen LogP contribution >= 0.6 is 22.7 Å². The Morgan fingerprint density at radius 1 is 1.33 bits per heavy atom. The smallest absolute Gasteiger partial charge is 0.142 e. The van der Waals surface area contributed by atoms with E-state index in [0.29, 0.717) is 0 Å². The first-order valence-electron chi connectivity index (χ1n) is 2.79. The van der Waals surface area contributed by atoms with Crippen molar-refractivity contribution in [3.05, 3.63) is 16.8 Å². The van der Waals surface area contributed by atoms with Gasteiger partial charge in [0, 0.05) is 9.40 Å². The molecule has 0 fully saturated rings. The van der Waals surface area contributed by atoms with Crippen LogP contribution in [0.4, 0.5) is 0 Å². The van der Waals surface area contributed by atoms with E-state index in [9.17, 15) is 0 Å². The SMILES string of the molecule is Bc1csc2ccsc12. The molecule has 0 aromatic carbocycles. The molecule has 0 N–H and O–H groups in total. The Bertz CT molecular complexity index is 320. The first kappa shape index (κ1) is 5.51. The molecular weight excluding hydrogens is 147 g/mol. The van der Waals surface area contributed by atoms with E-state index in [4.69, 9.17) is 0 Å². The average molecular weight is 152 g/mol. The fourth-order valence-electron chi connectivity index (χ4n) is 0.883. The summed E-state index contributed by atoms with van der Waals surface area (Å²) in [7, 11) is 2.16. The van der Waals surface area contributed by atoms with Crippen molar-refractivity contribution in [1.82, 2.24) is 0 Å². The van der Waals surface area contributed by atoms with Gasteiger partial charge in [-0.3, -0.25) is 0 Å². The molecule has 0 spiro atoms. The third-order valence-corrected chi connectivity index (χ3v) is 3.59. The number of hydrogen-bond donors (Lipinski definition) is 0. The Kier molecular flexibility index (Phi) is 1.13. The van der Waals surface area contributed by atoms with Crippen LogP contribution in [-0.2, 0) is 0 Å². The van der Waals surface area contributed by atoms with Crippen LogP contribution in [0.25, 0.3) is 9.40 Å². The molecule has 0 amide bonds. The predicted molar refractivity (Wildman–Crippen MR) is 47.9 cm³/mol. The summed E-state index contributed by atoms with van der Waals surface area (Å²) < 4.78 is 2.89. The summed E-state index contributed by atoms with van der Waals surface area (Å²) in [6, 6.07) is 2.18. The minimum Gasteiger partial charge on any atom is -0.144 e. The Morgan fingerprint density at radius 3 is 3.00 bits per heavy atom. The highest BCUT2D eigenvalue weighted by Crippen LogP contribution is 2.22. The third-order valence-electron chi connectivity index (χ3n) is 1.35. The Balaban J connectivity index is 2.99. The van der Waals surface area contributed by atoms with Crippen LogP contribution in [0.2, 0.25) is 0 Å². The monoisotopic (exact) mass is 152 g/mol. The van der Waals surface area contributed by atoms with Gasteiger partial charge in [0.25, 0.3) is 0 Å². The van der Waals surface area contributed by atoms with Gasteiger partial charge in [0.15, 0.2) is 0 Å². The van der Waals surface area contributed by atoms with E-state index in [2.05, 4.69) is 24.7 Å². The van der Waals surface area contributed by atoms with Gasteiger partial charge < -0.3 is 0 Å². The first-order chi connectivity index (χ1) is 4.38. The van der Waals surface area contributed by atoms with Crippen LogP contribution in [0, 0.1) is 0 Å². The van der Waals surface area contributed by atoms with Crippen LogP contribution in [-0.4, -0.2) is 7.85 Å². The van der Waals surface area contributed by atoms with Crippen molar-refractivity contribution in [2.24, 2.45) is 0 Å². The lowest BCUT2D eigenvalue weighted by atomic mass is 10.0. The van der Waals surface area contributed by atoms with Crippen molar-refractivity contribution in [1.29, 1.82) is 0 Å². The average Bonchev–Trinajstić information content (AvgIpc) is 2.35. The van der Waals surface area contributed by atoms with Crippen molar-refractivity contribution in [2.45, 2.75) is 0 Å². The molecule has 0 aliphatic rings. The molecule has 9 heavy (non-hydrogen) atoms. The van der Waals surface area contributed by atoms with Crippen LogP contribution in [0.3, 0.4) is 0 Å². The van der Waals surface area contributed by atoms with Crippen LogP contribution in [0.1, 0.15) is 0 Å². The van der Waals surface area contributed by atoms with Gasteiger partial charge >= 0.3 is 0 Å². The number of thiophene rings is 2. The lowest BCUT2D eigenvalue weighted by Gasteiger charge is -1.75. The van der Waals surface area contributed by atoms with E-state index in [-0.39, 0.29) is 0 Å². The van der Waals surface area contributed by atoms with E-state index in [1.165, 1.54) is 14.9 Å². The van der Waals surface area contributed by atoms with E-state index in [1.807, 2.05) is 22.7 Å². The van der Waals surface area contributed by atoms with E-state index >= 15 is 0 Å². The molecule has 0 unspecified atom stereocenters. The highest BCUT2D eigenvalue weighted by Gasteiger charge is 1.97. The maximum atomic E-state index is 2.21. The molecule has 0 saturated heterocycles. The summed E-state index contributed by atoms with van der Waals surface area (Å²) in [5, 5.41) is 4.36. The molecule has 0 aliphatic heterocycles. The van der Waals surface area contributed by atoms with Gasteiger partial charge in [0.2, 0.25) is 0 Å². The van der Waals surface area contributed by atoms with Crippen molar-refractivity contribution in [3.63, 3.8) is 0 Å². The number of fused-ring (bicyclic) bond motifs is 1. The summed E-state index contributed by atoms with van der Waals surface area (Å²) >= 11 is 3.66. The normalized spacial score (nSPS) is 10.7. The third kappa shape index (κ3) is 0.722. The molecule has 44 valence electrons. The topological polar surface area (TPSA) is 0 Å². The molecule has 0 aliphatic carbocycles. The van der Waals surface area contributed by atoms with Crippen LogP contribution < -0.4 is 5.46 Å². The molecule has 0 atom stereocenters. The molecule has 2 aromatic heterocycles. The number of hydrogen-bond acceptors (Lipinski definition) is 2. The quantitative estimate of drug-likeness (QED) is 0.498. The van der Waals surface area contributed by atoms with Crippen molar-refractivity contribution >= 4 is 45.4 Å². The summed E-state index contributed by atoms with van der Waals surface area (Å²) in [5.41, 5.74) is 1.42. The van der Waals surface area contributed by atoms with Gasteiger partial charge in [0.1, 0.15) is 7.85 Å². The predicted octanol–water partition coefficient (Wildman–Crippen LogP) is 1.22. The second-order valence-electron chi connectivity index (χ2n) is 2.03. The largest absolute Gasteiger partial charge is 0.144 e. The van der Waals surface area contributed by atoms with Crippen molar-refractivity contribution in [2.75, 3.05) is 0 Å². The van der Waals surface area contributed by atoms with Gasteiger partial charge in [-0.25, -0.2) is 0 Å². The van der Waals surface area contributed by atoms with Gasteiger partial charge in [-0.2, -0.15) is 0 Å². The maximum absolute atomic E-state index is 2.21. The molecule has 2 aromatic rings. The summed E-state index contributed by atoms with van der Waals surface area (Å²) in [5.74, 6) is 0. The highest BCUT2D eigenvalue weighted by molar-refractivity contribution is 7.27. The second-order valence-corrected chi connectivity index (χ2v) is 3.86. The Morgan fingerprint density at radius 2 is 2.22 bits per heavy atom. The summed E-state index contributed by atoms with van der Waals surface area (Å²) in [6.45, 7) is 0. The van der Waals surface area contributed by atoms with Gasteiger partial charge in [-0.05, 0) is 16.8 Å². The standard InChI is InChI=1S/C6H5BS2/c7-4-3-9-5-1-2-8-6(4)5/h1-3H,7H2. The molecule has 0 radical (unpaired) electrons. The zero-order chi connectivity index (χ0) is 6.27. The second kappa shape index (κ2) is 1.85. The maximum Gasteiger partial charge on any atom is 0.142 e. The zero-order valence-electron chi connectivity index (χ0n) is 5.05. The lowest BCUT2D eigenvalue weighted by Crippen LogP contribution is -1.93. The molecule has 0 saturated carbocycles. The van der Waals surface area contributed by atoms with Gasteiger partial charge in [-0.15, -0.1) is 22.7 Å². The van der Waals surface area contributed by atoms with E-state index in [1.54, 1.807) is 0 Å². The molecular formula is C6H5BS2. The fraction of sp³-hybridized carbons (Fsp3) is 0. The van der Waals surface area contributed by atoms with Gasteiger partial charge in [0.05, 0.1) is 0 Å². The van der Waals surface area contributed by atoms with Crippen LogP contribution in [0.5, 0.6) is 0 Å². The molecule has 2 rings (SSSR count). The Hall–Kier alpha value is -0.275. The van der Waals surface area contributed by atoms with Gasteiger partial charge in [-0.1, -0.05) is 5.46 Å².